The molecule has 0 bridgehead atoms. The van der Waals surface area contributed by atoms with Crippen molar-refractivity contribution in [1.82, 2.24) is 25.6 Å². The van der Waals surface area contributed by atoms with Gasteiger partial charge in [0, 0.05) is 6.54 Å². The highest BCUT2D eigenvalue weighted by Gasteiger charge is 2.19. The standard InChI is InChI=1S/C21H21ClFN5O2S/c1-13(2)11-28-19(15-8-4-6-10-17(15)23)25-27-21(28)31-12-18(29)24-26-20(30)14-7-3-5-9-16(14)22/h3-10,13H,11-12H2,1-2H3,(H,24,29)(H,26,30). The van der Waals surface area contributed by atoms with E-state index in [2.05, 4.69) is 21.0 Å². The Morgan fingerprint density at radius 1 is 1.10 bits per heavy atom. The Morgan fingerprint density at radius 2 is 1.81 bits per heavy atom. The second kappa shape index (κ2) is 10.4. The first-order chi connectivity index (χ1) is 14.9. The molecule has 162 valence electrons. The first kappa shape index (κ1) is 22.8. The minimum absolute atomic E-state index is 0.0176. The van der Waals surface area contributed by atoms with Gasteiger partial charge in [-0.05, 0) is 30.2 Å². The molecule has 0 aliphatic carbocycles. The fraction of sp³-hybridized carbons (Fsp3) is 0.238. The van der Waals surface area contributed by atoms with Crippen LogP contribution in [0.1, 0.15) is 24.2 Å². The van der Waals surface area contributed by atoms with Gasteiger partial charge in [-0.3, -0.25) is 20.4 Å². The lowest BCUT2D eigenvalue weighted by Gasteiger charge is -2.13. The maximum Gasteiger partial charge on any atom is 0.271 e. The van der Waals surface area contributed by atoms with E-state index in [1.165, 1.54) is 6.07 Å². The Balaban J connectivity index is 1.66. The van der Waals surface area contributed by atoms with E-state index in [9.17, 15) is 14.0 Å². The average molecular weight is 462 g/mol. The number of halogens is 2. The van der Waals surface area contributed by atoms with Gasteiger partial charge < -0.3 is 4.57 Å². The molecule has 0 saturated heterocycles. The lowest BCUT2D eigenvalue weighted by Crippen LogP contribution is -2.42. The summed E-state index contributed by atoms with van der Waals surface area (Å²) in [5.41, 5.74) is 5.28. The smallest absolute Gasteiger partial charge is 0.271 e. The molecule has 1 aromatic heterocycles. The summed E-state index contributed by atoms with van der Waals surface area (Å²) in [6.07, 6.45) is 0. The zero-order chi connectivity index (χ0) is 22.4. The molecule has 31 heavy (non-hydrogen) atoms. The van der Waals surface area contributed by atoms with Crippen molar-refractivity contribution in [3.8, 4) is 11.4 Å². The van der Waals surface area contributed by atoms with Crippen molar-refractivity contribution >= 4 is 35.2 Å². The van der Waals surface area contributed by atoms with E-state index in [0.717, 1.165) is 11.8 Å². The van der Waals surface area contributed by atoms with Gasteiger partial charge >= 0.3 is 0 Å². The number of nitrogens with zero attached hydrogens (tertiary/aromatic N) is 3. The molecule has 0 fully saturated rings. The van der Waals surface area contributed by atoms with Crippen molar-refractivity contribution < 1.29 is 14.0 Å². The molecule has 1 heterocycles. The van der Waals surface area contributed by atoms with Gasteiger partial charge in [0.15, 0.2) is 11.0 Å². The molecule has 2 aromatic carbocycles. The highest BCUT2D eigenvalue weighted by molar-refractivity contribution is 7.99. The van der Waals surface area contributed by atoms with Crippen LogP contribution in [0.15, 0.2) is 53.7 Å². The molecular formula is C21H21ClFN5O2S. The van der Waals surface area contributed by atoms with Gasteiger partial charge in [-0.1, -0.05) is 61.5 Å². The number of nitrogens with one attached hydrogen (secondary N) is 2. The van der Waals surface area contributed by atoms with Gasteiger partial charge in [0.25, 0.3) is 5.91 Å². The minimum Gasteiger partial charge on any atom is -0.302 e. The van der Waals surface area contributed by atoms with Crippen molar-refractivity contribution in [3.63, 3.8) is 0 Å². The summed E-state index contributed by atoms with van der Waals surface area (Å²) in [5, 5.41) is 9.04. The highest BCUT2D eigenvalue weighted by atomic mass is 35.5. The van der Waals surface area contributed by atoms with Gasteiger partial charge in [-0.15, -0.1) is 10.2 Å². The lowest BCUT2D eigenvalue weighted by atomic mass is 10.2. The van der Waals surface area contributed by atoms with E-state index in [1.54, 1.807) is 47.0 Å². The summed E-state index contributed by atoms with van der Waals surface area (Å²) in [7, 11) is 0. The number of aromatic nitrogens is 3. The topological polar surface area (TPSA) is 88.9 Å². The number of benzene rings is 2. The van der Waals surface area contributed by atoms with Crippen LogP contribution in [-0.4, -0.2) is 32.3 Å². The molecule has 0 radical (unpaired) electrons. The minimum atomic E-state index is -0.520. The highest BCUT2D eigenvalue weighted by Crippen LogP contribution is 2.26. The van der Waals surface area contributed by atoms with E-state index in [-0.39, 0.29) is 22.3 Å². The summed E-state index contributed by atoms with van der Waals surface area (Å²) in [5.74, 6) is -0.704. The number of carbonyl (C=O) groups is 2. The molecule has 2 N–H and O–H groups in total. The molecule has 3 rings (SSSR count). The molecule has 7 nitrogen and oxygen atoms in total. The van der Waals surface area contributed by atoms with E-state index in [0.29, 0.717) is 23.1 Å². The number of hydrogen-bond acceptors (Lipinski definition) is 5. The molecule has 0 unspecified atom stereocenters. The monoisotopic (exact) mass is 461 g/mol. The van der Waals surface area contributed by atoms with Crippen LogP contribution in [0.3, 0.4) is 0 Å². The first-order valence-corrected chi connectivity index (χ1v) is 10.9. The van der Waals surface area contributed by atoms with Crippen LogP contribution in [0.2, 0.25) is 5.02 Å². The maximum atomic E-state index is 14.3. The Labute approximate surface area is 188 Å². The van der Waals surface area contributed by atoms with E-state index < -0.39 is 17.6 Å². The third kappa shape index (κ3) is 5.83. The Morgan fingerprint density at radius 3 is 2.52 bits per heavy atom. The van der Waals surface area contributed by atoms with Crippen LogP contribution in [0.4, 0.5) is 4.39 Å². The van der Waals surface area contributed by atoms with Crippen LogP contribution in [-0.2, 0) is 11.3 Å². The zero-order valence-corrected chi connectivity index (χ0v) is 18.5. The number of rotatable bonds is 7. The second-order valence-corrected chi connectivity index (χ2v) is 8.41. The quantitative estimate of drug-likeness (QED) is 0.411. The summed E-state index contributed by atoms with van der Waals surface area (Å²) in [4.78, 5) is 24.3. The molecule has 2 amide bonds. The summed E-state index contributed by atoms with van der Waals surface area (Å²) in [6, 6.07) is 12.9. The van der Waals surface area contributed by atoms with Crippen molar-refractivity contribution in [2.24, 2.45) is 5.92 Å². The van der Waals surface area contributed by atoms with Crippen LogP contribution in [0, 0.1) is 11.7 Å². The van der Waals surface area contributed by atoms with Crippen molar-refractivity contribution in [2.75, 3.05) is 5.75 Å². The molecule has 0 spiro atoms. The largest absolute Gasteiger partial charge is 0.302 e. The maximum absolute atomic E-state index is 14.3. The van der Waals surface area contributed by atoms with Crippen LogP contribution in [0.25, 0.3) is 11.4 Å². The van der Waals surface area contributed by atoms with E-state index in [4.69, 9.17) is 11.6 Å². The van der Waals surface area contributed by atoms with Gasteiger partial charge in [-0.2, -0.15) is 0 Å². The number of thioether (sulfide) groups is 1. The predicted octanol–water partition coefficient (Wildman–Crippen LogP) is 3.95. The van der Waals surface area contributed by atoms with Crippen LogP contribution < -0.4 is 10.9 Å². The Hall–Kier alpha value is -2.91. The van der Waals surface area contributed by atoms with Crippen molar-refractivity contribution in [2.45, 2.75) is 25.5 Å². The second-order valence-electron chi connectivity index (χ2n) is 7.06. The van der Waals surface area contributed by atoms with Gasteiger partial charge in [-0.25, -0.2) is 4.39 Å². The molecule has 0 aliphatic rings. The van der Waals surface area contributed by atoms with Gasteiger partial charge in [0.05, 0.1) is 21.9 Å². The van der Waals surface area contributed by atoms with Crippen LogP contribution >= 0.6 is 23.4 Å². The number of amides is 2. The third-order valence-electron chi connectivity index (χ3n) is 4.15. The zero-order valence-electron chi connectivity index (χ0n) is 16.9. The molecular weight excluding hydrogens is 441 g/mol. The number of hydrogen-bond donors (Lipinski definition) is 2. The molecule has 0 saturated carbocycles. The van der Waals surface area contributed by atoms with Gasteiger partial charge in [0.2, 0.25) is 5.91 Å². The van der Waals surface area contributed by atoms with Crippen molar-refractivity contribution in [3.05, 3.63) is 64.9 Å². The third-order valence-corrected chi connectivity index (χ3v) is 5.44. The number of hydrazine groups is 1. The van der Waals surface area contributed by atoms with E-state index in [1.807, 2.05) is 13.8 Å². The SMILES string of the molecule is CC(C)Cn1c(SCC(=O)NNC(=O)c2ccccc2Cl)nnc1-c1ccccc1F. The lowest BCUT2D eigenvalue weighted by molar-refractivity contribution is -0.119. The Kier molecular flexibility index (Phi) is 7.64. The molecule has 0 atom stereocenters. The average Bonchev–Trinajstić information content (AvgIpc) is 3.12. The van der Waals surface area contributed by atoms with Crippen molar-refractivity contribution in [1.29, 1.82) is 0 Å². The predicted molar refractivity (Wildman–Crippen MR) is 118 cm³/mol. The van der Waals surface area contributed by atoms with E-state index >= 15 is 0 Å². The normalized spacial score (nSPS) is 10.9. The fourth-order valence-corrected chi connectivity index (χ4v) is 3.74. The van der Waals surface area contributed by atoms with Crippen LogP contribution in [0.5, 0.6) is 0 Å². The molecule has 10 heteroatoms. The Bertz CT molecular complexity index is 1090. The first-order valence-electron chi connectivity index (χ1n) is 9.51. The summed E-state index contributed by atoms with van der Waals surface area (Å²) >= 11 is 7.12. The molecule has 3 aromatic rings. The summed E-state index contributed by atoms with van der Waals surface area (Å²) in [6.45, 7) is 4.61. The van der Waals surface area contributed by atoms with Gasteiger partial charge in [0.1, 0.15) is 5.82 Å². The summed E-state index contributed by atoms with van der Waals surface area (Å²) < 4.78 is 16.1. The molecule has 0 aliphatic heterocycles. The fourth-order valence-electron chi connectivity index (χ4n) is 2.77. The number of carbonyl (C=O) groups excluding carboxylic acids is 2.